The molecule has 1 aromatic carbocycles. The molecule has 0 aromatic heterocycles. The number of hydrogen-bond acceptors (Lipinski definition) is 6. The molecule has 7 nitrogen and oxygen atoms in total. The number of carbonyl (C=O) groups is 1. The maximum atomic E-state index is 11.4. The highest BCUT2D eigenvalue weighted by Gasteiger charge is 2.15. The number of hydrogen-bond donors (Lipinski definition) is 2. The number of nitrogens with one attached hydrogen (secondary N) is 1. The van der Waals surface area contributed by atoms with E-state index in [4.69, 9.17) is 10.5 Å². The van der Waals surface area contributed by atoms with E-state index in [1.165, 1.54) is 0 Å². The van der Waals surface area contributed by atoms with E-state index in [9.17, 15) is 13.2 Å². The monoisotopic (exact) mass is 288 g/mol. The minimum Gasteiger partial charge on any atom is -0.492 e. The normalized spacial score (nSPS) is 11.0. The minimum atomic E-state index is -3.68. The van der Waals surface area contributed by atoms with Crippen LogP contribution in [-0.4, -0.2) is 40.4 Å². The largest absolute Gasteiger partial charge is 0.492 e. The van der Waals surface area contributed by atoms with Crippen LogP contribution in [0, 0.1) is 0 Å². The first-order valence-electron chi connectivity index (χ1n) is 5.45. The predicted molar refractivity (Wildman–Crippen MR) is 70.2 cm³/mol. The highest BCUT2D eigenvalue weighted by Crippen LogP contribution is 2.13. The van der Waals surface area contributed by atoms with Gasteiger partial charge in [0, 0.05) is 18.3 Å². The van der Waals surface area contributed by atoms with Crippen LogP contribution in [0.4, 0.5) is 5.69 Å². The number of sulfonamides is 1. The summed E-state index contributed by atoms with van der Waals surface area (Å²) in [4.78, 5) is 10.8. The Morgan fingerprint density at radius 2 is 2.16 bits per heavy atom. The van der Waals surface area contributed by atoms with E-state index >= 15 is 0 Å². The Bertz CT molecular complexity index is 530. The Labute approximate surface area is 111 Å². The number of rotatable bonds is 7. The van der Waals surface area contributed by atoms with Gasteiger partial charge in [0.25, 0.3) is 0 Å². The fourth-order valence-corrected chi connectivity index (χ4v) is 2.16. The smallest absolute Gasteiger partial charge is 0.322 e. The van der Waals surface area contributed by atoms with E-state index < -0.39 is 21.7 Å². The van der Waals surface area contributed by atoms with Gasteiger partial charge in [0.1, 0.15) is 12.4 Å². The second-order valence-corrected chi connectivity index (χ2v) is 5.46. The Morgan fingerprint density at radius 1 is 1.42 bits per heavy atom. The van der Waals surface area contributed by atoms with Crippen LogP contribution in [-0.2, 0) is 19.6 Å². The zero-order valence-electron chi connectivity index (χ0n) is 10.5. The quantitative estimate of drug-likeness (QED) is 0.406. The number of ether oxygens (including phenoxy) is 2. The van der Waals surface area contributed by atoms with Crippen molar-refractivity contribution in [3.63, 3.8) is 0 Å². The molecular weight excluding hydrogens is 272 g/mol. The van der Waals surface area contributed by atoms with Crippen molar-refractivity contribution >= 4 is 21.7 Å². The summed E-state index contributed by atoms with van der Waals surface area (Å²) in [6.07, 6.45) is 0. The van der Waals surface area contributed by atoms with Crippen molar-refractivity contribution in [1.82, 2.24) is 4.72 Å². The van der Waals surface area contributed by atoms with E-state index in [0.29, 0.717) is 11.4 Å². The summed E-state index contributed by atoms with van der Waals surface area (Å²) in [6.45, 7) is 0.179. The molecule has 0 amide bonds. The highest BCUT2D eigenvalue weighted by molar-refractivity contribution is 7.90. The van der Waals surface area contributed by atoms with Crippen molar-refractivity contribution in [3.8, 4) is 5.75 Å². The van der Waals surface area contributed by atoms with Crippen LogP contribution in [0.1, 0.15) is 0 Å². The summed E-state index contributed by atoms with van der Waals surface area (Å²) in [5, 5.41) is 0. The van der Waals surface area contributed by atoms with Crippen molar-refractivity contribution in [3.05, 3.63) is 24.3 Å². The van der Waals surface area contributed by atoms with Gasteiger partial charge in [-0.2, -0.15) is 0 Å². The molecule has 0 atom stereocenters. The van der Waals surface area contributed by atoms with Gasteiger partial charge in [-0.05, 0) is 12.1 Å². The molecule has 0 radical (unpaired) electrons. The lowest BCUT2D eigenvalue weighted by Crippen LogP contribution is -2.33. The summed E-state index contributed by atoms with van der Waals surface area (Å²) in [6, 6.07) is 6.78. The lowest BCUT2D eigenvalue weighted by atomic mass is 10.3. The first kappa shape index (κ1) is 15.3. The third-order valence-corrected chi connectivity index (χ3v) is 3.35. The van der Waals surface area contributed by atoms with Gasteiger partial charge < -0.3 is 15.2 Å². The van der Waals surface area contributed by atoms with Gasteiger partial charge in [0.15, 0.2) is 5.75 Å². The van der Waals surface area contributed by atoms with Crippen LogP contribution >= 0.6 is 0 Å². The van der Waals surface area contributed by atoms with Crippen LogP contribution in [0.2, 0.25) is 0 Å². The molecule has 0 aliphatic rings. The van der Waals surface area contributed by atoms with Crippen molar-refractivity contribution in [1.29, 1.82) is 0 Å². The van der Waals surface area contributed by atoms with Gasteiger partial charge in [-0.15, -0.1) is 0 Å². The number of esters is 1. The molecule has 0 unspecified atom stereocenters. The van der Waals surface area contributed by atoms with Crippen LogP contribution in [0.5, 0.6) is 5.75 Å². The summed E-state index contributed by atoms with van der Waals surface area (Å²) >= 11 is 0. The Morgan fingerprint density at radius 3 is 2.79 bits per heavy atom. The van der Waals surface area contributed by atoms with Gasteiger partial charge in [0.2, 0.25) is 10.0 Å². The van der Waals surface area contributed by atoms with E-state index in [1.807, 2.05) is 0 Å². The first-order valence-corrected chi connectivity index (χ1v) is 7.10. The highest BCUT2D eigenvalue weighted by atomic mass is 32.2. The van der Waals surface area contributed by atoms with Crippen molar-refractivity contribution in [2.45, 2.75) is 0 Å². The third kappa shape index (κ3) is 6.07. The summed E-state index contributed by atoms with van der Waals surface area (Å²) in [5.41, 5.74) is 6.12. The van der Waals surface area contributed by atoms with Crippen LogP contribution < -0.4 is 15.2 Å². The Kier molecular flexibility index (Phi) is 5.58. The maximum absolute atomic E-state index is 11.4. The molecule has 0 bridgehead atoms. The predicted octanol–water partition coefficient (Wildman–Crippen LogP) is -0.260. The fourth-order valence-electron chi connectivity index (χ4n) is 1.24. The molecule has 0 aliphatic heterocycles. The second kappa shape index (κ2) is 6.95. The summed E-state index contributed by atoms with van der Waals surface area (Å²) in [5.74, 6) is -0.974. The number of carbonyl (C=O) groups excluding carboxylic acids is 1. The van der Waals surface area contributed by atoms with E-state index in [2.05, 4.69) is 9.46 Å². The van der Waals surface area contributed by atoms with Gasteiger partial charge in [-0.1, -0.05) is 6.07 Å². The number of nitrogen functional groups attached to an aromatic ring is 1. The fraction of sp³-hybridized carbons (Fsp3) is 0.364. The van der Waals surface area contributed by atoms with Crippen LogP contribution in [0.25, 0.3) is 0 Å². The molecule has 19 heavy (non-hydrogen) atoms. The number of benzene rings is 1. The van der Waals surface area contributed by atoms with Crippen LogP contribution in [0.3, 0.4) is 0 Å². The van der Waals surface area contributed by atoms with Gasteiger partial charge in [-0.3, -0.25) is 4.79 Å². The van der Waals surface area contributed by atoms with Crippen molar-refractivity contribution in [2.24, 2.45) is 0 Å². The molecule has 3 N–H and O–H groups in total. The summed E-state index contributed by atoms with van der Waals surface area (Å²) in [7, 11) is -2.56. The SMILES string of the molecule is COC(=O)CS(=O)(=O)NCCOc1cccc(N)c1. The van der Waals surface area contributed by atoms with E-state index in [-0.39, 0.29) is 13.2 Å². The summed E-state index contributed by atoms with van der Waals surface area (Å²) < 4.78 is 34.5. The zero-order valence-corrected chi connectivity index (χ0v) is 11.3. The molecule has 0 heterocycles. The molecule has 0 spiro atoms. The molecule has 8 heteroatoms. The Balaban J connectivity index is 2.33. The number of methoxy groups -OCH3 is 1. The lowest BCUT2D eigenvalue weighted by molar-refractivity contribution is -0.137. The first-order chi connectivity index (χ1) is 8.93. The van der Waals surface area contributed by atoms with Gasteiger partial charge in [0.05, 0.1) is 7.11 Å². The van der Waals surface area contributed by atoms with Crippen molar-refractivity contribution < 1.29 is 22.7 Å². The van der Waals surface area contributed by atoms with Gasteiger partial charge in [-0.25, -0.2) is 13.1 Å². The minimum absolute atomic E-state index is 0.0497. The molecule has 1 rings (SSSR count). The molecule has 0 saturated carbocycles. The average molecular weight is 288 g/mol. The Hall–Kier alpha value is -1.80. The topological polar surface area (TPSA) is 108 Å². The van der Waals surface area contributed by atoms with E-state index in [0.717, 1.165) is 7.11 Å². The number of nitrogens with two attached hydrogens (primary N) is 1. The standard InChI is InChI=1S/C11H16N2O5S/c1-17-11(14)8-19(15,16)13-5-6-18-10-4-2-3-9(12)7-10/h2-4,7,13H,5-6,8,12H2,1H3. The zero-order chi connectivity index (χ0) is 14.3. The third-order valence-electron chi connectivity index (χ3n) is 2.09. The number of anilines is 1. The molecule has 106 valence electrons. The molecule has 0 saturated heterocycles. The molecule has 1 aromatic rings. The van der Waals surface area contributed by atoms with E-state index in [1.54, 1.807) is 24.3 Å². The lowest BCUT2D eigenvalue weighted by Gasteiger charge is -2.08. The van der Waals surface area contributed by atoms with Crippen molar-refractivity contribution in [2.75, 3.05) is 31.7 Å². The van der Waals surface area contributed by atoms with Crippen LogP contribution in [0.15, 0.2) is 24.3 Å². The molecular formula is C11H16N2O5S. The molecule has 0 aliphatic carbocycles. The average Bonchev–Trinajstić information content (AvgIpc) is 2.34. The molecule has 0 fully saturated rings. The second-order valence-electron chi connectivity index (χ2n) is 3.65. The maximum Gasteiger partial charge on any atom is 0.322 e. The van der Waals surface area contributed by atoms with Gasteiger partial charge >= 0.3 is 5.97 Å².